The van der Waals surface area contributed by atoms with Gasteiger partial charge in [0.15, 0.2) is 0 Å². The Morgan fingerprint density at radius 3 is 2.47 bits per heavy atom. The van der Waals surface area contributed by atoms with Gasteiger partial charge in [0.25, 0.3) is 0 Å². The Labute approximate surface area is 101 Å². The highest BCUT2D eigenvalue weighted by Crippen LogP contribution is 2.23. The summed E-state index contributed by atoms with van der Waals surface area (Å²) in [7, 11) is 0. The maximum atomic E-state index is 11.9. The number of carboxylic acids is 1. The van der Waals surface area contributed by atoms with Crippen molar-refractivity contribution >= 4 is 12.0 Å². The fourth-order valence-electron chi connectivity index (χ4n) is 1.84. The van der Waals surface area contributed by atoms with Crippen LogP contribution in [0.2, 0.25) is 0 Å². The monoisotopic (exact) mass is 238 g/mol. The quantitative estimate of drug-likeness (QED) is 0.698. The summed E-state index contributed by atoms with van der Waals surface area (Å²) in [6.07, 6.45) is 5.28. The van der Waals surface area contributed by atoms with Crippen molar-refractivity contribution in [1.82, 2.24) is 10.2 Å². The number of aliphatic carboxylic acids is 1. The fourth-order valence-corrected chi connectivity index (χ4v) is 1.84. The molecule has 1 saturated heterocycles. The summed E-state index contributed by atoms with van der Waals surface area (Å²) in [6.45, 7) is 5.96. The zero-order valence-electron chi connectivity index (χ0n) is 10.4. The molecule has 2 N–H and O–H groups in total. The van der Waals surface area contributed by atoms with Crippen LogP contribution in [0.15, 0.2) is 0 Å². The Morgan fingerprint density at radius 1 is 1.47 bits per heavy atom. The van der Waals surface area contributed by atoms with Crippen LogP contribution in [0.5, 0.6) is 0 Å². The van der Waals surface area contributed by atoms with Crippen LogP contribution in [0.4, 0.5) is 4.79 Å². The van der Waals surface area contributed by atoms with Crippen molar-refractivity contribution in [3.63, 3.8) is 0 Å². The molecule has 0 saturated carbocycles. The molecule has 1 rings (SSSR count). The highest BCUT2D eigenvalue weighted by Gasteiger charge is 2.37. The molecule has 2 unspecified atom stereocenters. The molecule has 5 nitrogen and oxygen atoms in total. The van der Waals surface area contributed by atoms with Gasteiger partial charge in [-0.15, -0.1) is 6.42 Å². The van der Waals surface area contributed by atoms with Crippen LogP contribution in [0.25, 0.3) is 0 Å². The third kappa shape index (κ3) is 3.13. The van der Waals surface area contributed by atoms with E-state index < -0.39 is 17.4 Å². The zero-order valence-corrected chi connectivity index (χ0v) is 10.4. The number of likely N-dealkylation sites (tertiary alicyclic amines) is 1. The molecule has 1 aliphatic heterocycles. The lowest BCUT2D eigenvalue weighted by Gasteiger charge is -2.24. The number of carbonyl (C=O) groups is 2. The summed E-state index contributed by atoms with van der Waals surface area (Å²) in [4.78, 5) is 24.3. The molecule has 2 amide bonds. The topological polar surface area (TPSA) is 69.6 Å². The predicted molar refractivity (Wildman–Crippen MR) is 63.3 cm³/mol. The summed E-state index contributed by atoms with van der Waals surface area (Å²) < 4.78 is 0. The van der Waals surface area contributed by atoms with Crippen LogP contribution in [-0.4, -0.2) is 40.6 Å². The average Bonchev–Trinajstić information content (AvgIpc) is 2.60. The molecule has 0 radical (unpaired) electrons. The van der Waals surface area contributed by atoms with Crippen molar-refractivity contribution in [1.29, 1.82) is 0 Å². The molecule has 94 valence electrons. The van der Waals surface area contributed by atoms with E-state index in [0.717, 1.165) is 0 Å². The minimum atomic E-state index is -0.857. The third-order valence-corrected chi connectivity index (χ3v) is 3.00. The fraction of sp³-hybridized carbons (Fsp3) is 0.667. The van der Waals surface area contributed by atoms with Gasteiger partial charge in [-0.05, 0) is 19.8 Å². The van der Waals surface area contributed by atoms with Crippen molar-refractivity contribution in [3.05, 3.63) is 0 Å². The van der Waals surface area contributed by atoms with Gasteiger partial charge in [0, 0.05) is 13.1 Å². The number of hydrogen-bond donors (Lipinski definition) is 2. The Bertz CT molecular complexity index is 370. The van der Waals surface area contributed by atoms with Crippen LogP contribution in [0.1, 0.15) is 20.8 Å². The minimum absolute atomic E-state index is 0.0350. The summed E-state index contributed by atoms with van der Waals surface area (Å²) in [5, 5.41) is 11.7. The van der Waals surface area contributed by atoms with Crippen molar-refractivity contribution < 1.29 is 14.7 Å². The number of amides is 2. The first-order valence-corrected chi connectivity index (χ1v) is 5.54. The van der Waals surface area contributed by atoms with Gasteiger partial charge in [0.2, 0.25) is 0 Å². The van der Waals surface area contributed by atoms with E-state index in [1.54, 1.807) is 13.8 Å². The first kappa shape index (κ1) is 13.4. The van der Waals surface area contributed by atoms with Crippen LogP contribution in [0.3, 0.4) is 0 Å². The van der Waals surface area contributed by atoms with E-state index in [1.807, 2.05) is 6.92 Å². The number of rotatable bonds is 2. The van der Waals surface area contributed by atoms with Gasteiger partial charge < -0.3 is 15.3 Å². The van der Waals surface area contributed by atoms with Gasteiger partial charge in [-0.2, -0.15) is 0 Å². The van der Waals surface area contributed by atoms with Crippen LogP contribution < -0.4 is 5.32 Å². The van der Waals surface area contributed by atoms with E-state index in [0.29, 0.717) is 6.54 Å². The first-order valence-electron chi connectivity index (χ1n) is 5.54. The standard InChI is InChI=1S/C12H18N2O3/c1-5-12(3,4)13-11(17)14-6-8(2)9(7-14)10(15)16/h1,8-9H,6-7H2,2-4H3,(H,13,17)(H,15,16). The molecule has 1 heterocycles. The largest absolute Gasteiger partial charge is 0.481 e. The van der Waals surface area contributed by atoms with Gasteiger partial charge in [-0.1, -0.05) is 12.8 Å². The smallest absolute Gasteiger partial charge is 0.318 e. The zero-order chi connectivity index (χ0) is 13.2. The lowest BCUT2D eigenvalue weighted by molar-refractivity contribution is -0.142. The lowest BCUT2D eigenvalue weighted by atomic mass is 9.99. The molecule has 0 aromatic carbocycles. The van der Waals surface area contributed by atoms with E-state index in [4.69, 9.17) is 11.5 Å². The first-order chi connectivity index (χ1) is 7.76. The molecule has 0 aromatic rings. The van der Waals surface area contributed by atoms with Crippen LogP contribution in [-0.2, 0) is 4.79 Å². The molecule has 0 bridgehead atoms. The van der Waals surface area contributed by atoms with Crippen molar-refractivity contribution in [3.8, 4) is 12.3 Å². The molecular formula is C12H18N2O3. The highest BCUT2D eigenvalue weighted by molar-refractivity contribution is 5.78. The molecular weight excluding hydrogens is 220 g/mol. The Morgan fingerprint density at radius 2 is 2.06 bits per heavy atom. The average molecular weight is 238 g/mol. The Hall–Kier alpha value is -1.70. The second-order valence-corrected chi connectivity index (χ2v) is 5.03. The van der Waals surface area contributed by atoms with E-state index in [-0.39, 0.29) is 18.5 Å². The summed E-state index contributed by atoms with van der Waals surface area (Å²) in [5.41, 5.74) is -0.721. The van der Waals surface area contributed by atoms with Crippen LogP contribution >= 0.6 is 0 Å². The number of nitrogens with one attached hydrogen (secondary N) is 1. The SMILES string of the molecule is C#CC(C)(C)NC(=O)N1CC(C)C(C(=O)O)C1. The van der Waals surface area contributed by atoms with Gasteiger partial charge in [-0.25, -0.2) is 4.79 Å². The second-order valence-electron chi connectivity index (χ2n) is 5.03. The number of carboxylic acid groups (broad SMARTS) is 1. The third-order valence-electron chi connectivity index (χ3n) is 3.00. The van der Waals surface area contributed by atoms with Gasteiger partial charge >= 0.3 is 12.0 Å². The molecule has 0 aromatic heterocycles. The number of urea groups is 1. The Kier molecular flexibility index (Phi) is 3.66. The van der Waals surface area contributed by atoms with Crippen molar-refractivity contribution in [2.75, 3.05) is 13.1 Å². The van der Waals surface area contributed by atoms with E-state index in [2.05, 4.69) is 11.2 Å². The molecule has 0 aliphatic carbocycles. The highest BCUT2D eigenvalue weighted by atomic mass is 16.4. The molecule has 2 atom stereocenters. The number of carbonyl (C=O) groups excluding carboxylic acids is 1. The summed E-state index contributed by atoms with van der Waals surface area (Å²) >= 11 is 0. The number of terminal acetylenes is 1. The summed E-state index contributed by atoms with van der Waals surface area (Å²) in [5.74, 6) is 1.08. The molecule has 1 aliphatic rings. The van der Waals surface area contributed by atoms with Gasteiger partial charge in [-0.3, -0.25) is 4.79 Å². The second kappa shape index (κ2) is 4.66. The van der Waals surface area contributed by atoms with E-state index in [1.165, 1.54) is 4.90 Å². The van der Waals surface area contributed by atoms with Gasteiger partial charge in [0.05, 0.1) is 11.5 Å². The van der Waals surface area contributed by atoms with Crippen LogP contribution in [0, 0.1) is 24.2 Å². The number of nitrogens with zero attached hydrogens (tertiary/aromatic N) is 1. The lowest BCUT2D eigenvalue weighted by Crippen LogP contribution is -2.48. The minimum Gasteiger partial charge on any atom is -0.481 e. The molecule has 17 heavy (non-hydrogen) atoms. The van der Waals surface area contributed by atoms with Crippen molar-refractivity contribution in [2.45, 2.75) is 26.3 Å². The molecule has 5 heteroatoms. The normalized spacial score (nSPS) is 24.2. The number of hydrogen-bond acceptors (Lipinski definition) is 2. The maximum absolute atomic E-state index is 11.9. The Balaban J connectivity index is 2.63. The molecule has 0 spiro atoms. The van der Waals surface area contributed by atoms with Crippen molar-refractivity contribution in [2.24, 2.45) is 11.8 Å². The van der Waals surface area contributed by atoms with E-state index in [9.17, 15) is 9.59 Å². The molecule has 1 fully saturated rings. The van der Waals surface area contributed by atoms with E-state index >= 15 is 0 Å². The maximum Gasteiger partial charge on any atom is 0.318 e. The summed E-state index contributed by atoms with van der Waals surface area (Å²) in [6, 6.07) is -0.302. The van der Waals surface area contributed by atoms with Gasteiger partial charge in [0.1, 0.15) is 0 Å². The predicted octanol–water partition coefficient (Wildman–Crippen LogP) is 0.760.